The molecule has 0 atom stereocenters. The molecule has 0 saturated heterocycles. The number of aliphatic hydroxyl groups is 2. The van der Waals surface area contributed by atoms with Gasteiger partial charge >= 0.3 is 0 Å². The predicted molar refractivity (Wildman–Crippen MR) is 490 cm³/mol. The van der Waals surface area contributed by atoms with E-state index in [-0.39, 0.29) is 45.3 Å². The van der Waals surface area contributed by atoms with Gasteiger partial charge in [0.2, 0.25) is 0 Å². The number of allylic oxidation sites excluding steroid dienone is 2. The van der Waals surface area contributed by atoms with Crippen LogP contribution in [0.15, 0.2) is 460 Å². The van der Waals surface area contributed by atoms with E-state index < -0.39 is 0 Å². The zero-order valence-corrected chi connectivity index (χ0v) is 64.4. The summed E-state index contributed by atoms with van der Waals surface area (Å²) in [5.74, 6) is -0.906. The van der Waals surface area contributed by atoms with Crippen molar-refractivity contribution in [2.24, 2.45) is 0 Å². The van der Waals surface area contributed by atoms with Crippen molar-refractivity contribution in [1.82, 2.24) is 0 Å². The molecule has 0 aliphatic heterocycles. The Balaban J connectivity index is 0.690. The normalized spacial score (nSPS) is 11.8. The molecule has 560 valence electrons. The highest BCUT2D eigenvalue weighted by Gasteiger charge is 2.35. The molecular weight excluding hydrogens is 1440 g/mol. The van der Waals surface area contributed by atoms with Crippen molar-refractivity contribution in [2.45, 2.75) is 0 Å². The fraction of sp³-hybridized carbons (Fsp3) is 0. The fourth-order valence-corrected chi connectivity index (χ4v) is 17.0. The first kappa shape index (κ1) is 72.5. The summed E-state index contributed by atoms with van der Waals surface area (Å²) in [6, 6.07) is 155. The van der Waals surface area contributed by atoms with Crippen LogP contribution in [0.5, 0.6) is 11.5 Å². The van der Waals surface area contributed by atoms with Crippen molar-refractivity contribution in [1.29, 1.82) is 0 Å². The number of benzene rings is 18. The number of hydrogen-bond acceptors (Lipinski definition) is 6. The average molecular weight is 1520 g/mol. The van der Waals surface area contributed by atoms with Gasteiger partial charge < -0.3 is 30.2 Å². The summed E-state index contributed by atoms with van der Waals surface area (Å²) in [4.78, 5) is 4.22. The van der Waals surface area contributed by atoms with Gasteiger partial charge in [0.15, 0.2) is 0 Å². The molecule has 1 aliphatic carbocycles. The second kappa shape index (κ2) is 32.0. The number of nitrogens with zero attached hydrogens (tertiary/aromatic N) is 2. The number of aromatic hydroxyl groups is 2. The van der Waals surface area contributed by atoms with Crippen LogP contribution in [-0.4, -0.2) is 20.4 Å². The molecule has 118 heavy (non-hydrogen) atoms. The highest BCUT2D eigenvalue weighted by molar-refractivity contribution is 6.09. The molecule has 4 N–H and O–H groups in total. The van der Waals surface area contributed by atoms with E-state index in [4.69, 9.17) is 0 Å². The second-order valence-electron chi connectivity index (χ2n) is 29.5. The number of aliphatic hydroxyl groups excluding tert-OH is 2. The Kier molecular flexibility index (Phi) is 19.7. The maximum absolute atomic E-state index is 12.5. The van der Waals surface area contributed by atoms with Crippen LogP contribution in [0, 0.1) is 0 Å². The molecule has 6 heteroatoms. The SMILES string of the molecule is OC1=C(c2ccc(N(c3ccc(-c4c(-c5ccccc5)cccc4-c4ccccc4)cc3)c3ccc(-c4c(-c5ccccc5)cccc4-c4ccccc4)cc3)cc2O)C(O)=C1c1ccc(N(c2ccc(-c3c(-c4ccccc4)cccc3-c3ccccc3)cc2)c2ccc(-c3c(-c4ccccc4)cccc3-c3ccccc3)cc2)cc1O. The highest BCUT2D eigenvalue weighted by atomic mass is 16.3. The van der Waals surface area contributed by atoms with E-state index in [1.54, 1.807) is 24.3 Å². The lowest BCUT2D eigenvalue weighted by atomic mass is 9.83. The highest BCUT2D eigenvalue weighted by Crippen LogP contribution is 2.53. The number of anilines is 6. The molecule has 0 heterocycles. The Morgan fingerprint density at radius 3 is 0.475 bits per heavy atom. The first-order valence-electron chi connectivity index (χ1n) is 39.8. The summed E-state index contributed by atoms with van der Waals surface area (Å²) >= 11 is 0. The van der Waals surface area contributed by atoms with Gasteiger partial charge in [-0.25, -0.2) is 0 Å². The van der Waals surface area contributed by atoms with Crippen LogP contribution in [-0.2, 0) is 0 Å². The minimum atomic E-state index is -0.276. The number of hydrogen-bond donors (Lipinski definition) is 4. The van der Waals surface area contributed by atoms with E-state index in [9.17, 15) is 20.4 Å². The summed E-state index contributed by atoms with van der Waals surface area (Å²) < 4.78 is 0. The molecule has 0 fully saturated rings. The van der Waals surface area contributed by atoms with Crippen LogP contribution in [0.25, 0.3) is 145 Å². The number of phenolic OH excluding ortho intramolecular Hbond substituents is 2. The molecule has 0 amide bonds. The van der Waals surface area contributed by atoms with Gasteiger partial charge in [-0.2, -0.15) is 0 Å². The maximum Gasteiger partial charge on any atom is 0.139 e. The van der Waals surface area contributed by atoms with Gasteiger partial charge in [0.25, 0.3) is 0 Å². The molecular formula is C112H78N2O4. The summed E-state index contributed by atoms with van der Waals surface area (Å²) in [6.45, 7) is 0. The van der Waals surface area contributed by atoms with Crippen molar-refractivity contribution < 1.29 is 20.4 Å². The van der Waals surface area contributed by atoms with E-state index in [0.29, 0.717) is 11.4 Å². The Bertz CT molecular complexity index is 5750. The molecule has 0 bridgehead atoms. The van der Waals surface area contributed by atoms with Gasteiger partial charge in [-0.3, -0.25) is 0 Å². The molecule has 0 saturated carbocycles. The third-order valence-corrected chi connectivity index (χ3v) is 22.6. The number of rotatable bonds is 20. The largest absolute Gasteiger partial charge is 0.507 e. The van der Waals surface area contributed by atoms with E-state index in [1.807, 2.05) is 60.7 Å². The van der Waals surface area contributed by atoms with Crippen molar-refractivity contribution in [3.8, 4) is 145 Å². The molecule has 0 radical (unpaired) electrons. The van der Waals surface area contributed by atoms with E-state index in [1.165, 1.54) is 0 Å². The first-order chi connectivity index (χ1) is 58.2. The molecule has 18 aromatic rings. The van der Waals surface area contributed by atoms with Gasteiger partial charge in [0, 0.05) is 57.4 Å². The Morgan fingerprint density at radius 1 is 0.136 bits per heavy atom. The van der Waals surface area contributed by atoms with Gasteiger partial charge in [0.1, 0.15) is 23.0 Å². The van der Waals surface area contributed by atoms with E-state index in [2.05, 4.69) is 374 Å². The standard InChI is InChI=1S/C112H78N2O4/c115-103-73-91(113(87-61-53-83(54-62-87)105-93(75-29-9-1-10-30-75)45-25-46-94(105)76-31-11-2-12-32-76)88-63-55-84(56-64-88)106-95(77-33-13-3-14-34-77)47-26-48-96(106)78-35-15-4-16-36-78)69-71-101(103)109-111(117)110(112(109)118)102-72-70-92(74-104(102)116)114(89-65-57-85(58-66-89)107-97(79-37-17-5-18-38-79)49-27-50-98(107)80-39-19-6-20-40-80)90-67-59-86(60-68-90)108-99(81-41-21-7-22-42-81)51-28-52-100(108)82-43-23-8-24-44-82/h1-74,115-118H. The average Bonchev–Trinajstić information content (AvgIpc) is 0.726. The molecule has 0 aromatic heterocycles. The summed E-state index contributed by atoms with van der Waals surface area (Å²) in [7, 11) is 0. The lowest BCUT2D eigenvalue weighted by Gasteiger charge is -2.29. The third-order valence-electron chi connectivity index (χ3n) is 22.6. The third kappa shape index (κ3) is 13.9. The maximum atomic E-state index is 12.5. The van der Waals surface area contributed by atoms with Crippen molar-refractivity contribution >= 4 is 45.3 Å². The van der Waals surface area contributed by atoms with Crippen LogP contribution in [0.2, 0.25) is 0 Å². The van der Waals surface area contributed by atoms with Crippen LogP contribution in [0.4, 0.5) is 34.1 Å². The lowest BCUT2D eigenvalue weighted by Crippen LogP contribution is -2.13. The van der Waals surface area contributed by atoms with E-state index >= 15 is 0 Å². The van der Waals surface area contributed by atoms with Crippen LogP contribution in [0.3, 0.4) is 0 Å². The van der Waals surface area contributed by atoms with Gasteiger partial charge in [-0.1, -0.05) is 364 Å². The fourth-order valence-electron chi connectivity index (χ4n) is 17.0. The van der Waals surface area contributed by atoms with Crippen LogP contribution >= 0.6 is 0 Å². The smallest absolute Gasteiger partial charge is 0.139 e. The zero-order valence-electron chi connectivity index (χ0n) is 64.4. The minimum Gasteiger partial charge on any atom is -0.507 e. The zero-order chi connectivity index (χ0) is 79.4. The summed E-state index contributed by atoms with van der Waals surface area (Å²) in [5, 5.41) is 49.9. The molecule has 0 spiro atoms. The Morgan fingerprint density at radius 2 is 0.305 bits per heavy atom. The van der Waals surface area contributed by atoms with Gasteiger partial charge in [-0.15, -0.1) is 0 Å². The van der Waals surface area contributed by atoms with Gasteiger partial charge in [0.05, 0.1) is 11.1 Å². The molecule has 0 unspecified atom stereocenters. The number of phenols is 2. The minimum absolute atomic E-state index is 0.0516. The van der Waals surface area contributed by atoms with Crippen molar-refractivity contribution in [3.63, 3.8) is 0 Å². The lowest BCUT2D eigenvalue weighted by molar-refractivity contribution is 0.386. The Hall–Kier alpha value is -15.8. The van der Waals surface area contributed by atoms with Crippen LogP contribution < -0.4 is 9.80 Å². The second-order valence-corrected chi connectivity index (χ2v) is 29.5. The molecule has 1 aliphatic rings. The summed E-state index contributed by atoms with van der Waals surface area (Å²) in [5.41, 5.74) is 31.3. The van der Waals surface area contributed by atoms with Gasteiger partial charge in [-0.05, 0) is 206 Å². The van der Waals surface area contributed by atoms with Crippen LogP contribution in [0.1, 0.15) is 11.1 Å². The summed E-state index contributed by atoms with van der Waals surface area (Å²) in [6.07, 6.45) is 0. The quantitative estimate of drug-likeness (QED) is 0.0608. The van der Waals surface area contributed by atoms with E-state index in [0.717, 1.165) is 156 Å². The van der Waals surface area contributed by atoms with Crippen molar-refractivity contribution in [3.05, 3.63) is 472 Å². The monoisotopic (exact) mass is 1510 g/mol. The molecule has 18 aromatic carbocycles. The molecule has 19 rings (SSSR count). The molecule has 6 nitrogen and oxygen atoms in total. The van der Waals surface area contributed by atoms with Crippen molar-refractivity contribution in [2.75, 3.05) is 9.80 Å². The first-order valence-corrected chi connectivity index (χ1v) is 39.8. The Labute approximate surface area is 687 Å². The topological polar surface area (TPSA) is 87.4 Å². The predicted octanol–water partition coefficient (Wildman–Crippen LogP) is 30.3.